The molecule has 2 N–H and O–H groups in total. The van der Waals surface area contributed by atoms with Crippen LogP contribution >= 0.6 is 0 Å². The summed E-state index contributed by atoms with van der Waals surface area (Å²) < 4.78 is 0. The van der Waals surface area contributed by atoms with Gasteiger partial charge in [0.15, 0.2) is 0 Å². The van der Waals surface area contributed by atoms with Crippen molar-refractivity contribution in [1.29, 1.82) is 0 Å². The van der Waals surface area contributed by atoms with Gasteiger partial charge in [0.1, 0.15) is 11.3 Å². The number of hydrogen-bond donors (Lipinski definition) is 2. The SMILES string of the molecule is CCC(C)(C(=O)NC1CCCC1)N(C(=O)CCc1cc(C(C)(C)C)c(O)c(C(C)(C)C)c1)c1ccc(C)cc1. The fourth-order valence-corrected chi connectivity index (χ4v) is 5.57. The third-order valence-electron chi connectivity index (χ3n) is 8.32. The van der Waals surface area contributed by atoms with Crippen molar-refractivity contribution < 1.29 is 14.7 Å². The summed E-state index contributed by atoms with van der Waals surface area (Å²) in [6.45, 7) is 18.5. The number of rotatable bonds is 8. The number of carbonyl (C=O) groups excluding carboxylic acids is 2. The Labute approximate surface area is 236 Å². The zero-order valence-electron chi connectivity index (χ0n) is 25.7. The van der Waals surface area contributed by atoms with Crippen LogP contribution in [-0.2, 0) is 26.8 Å². The number of nitrogens with one attached hydrogen (secondary N) is 1. The fourth-order valence-electron chi connectivity index (χ4n) is 5.57. The summed E-state index contributed by atoms with van der Waals surface area (Å²) in [4.78, 5) is 29.5. The molecule has 1 unspecified atom stereocenters. The molecule has 0 heterocycles. The van der Waals surface area contributed by atoms with Crippen molar-refractivity contribution in [2.45, 2.75) is 130 Å². The van der Waals surface area contributed by atoms with Gasteiger partial charge in [0.05, 0.1) is 0 Å². The van der Waals surface area contributed by atoms with Gasteiger partial charge in [0.2, 0.25) is 11.8 Å². The molecule has 0 aliphatic heterocycles. The number of hydrogen-bond acceptors (Lipinski definition) is 3. The fraction of sp³-hybridized carbons (Fsp3) is 0.588. The summed E-state index contributed by atoms with van der Waals surface area (Å²) in [6, 6.07) is 12.1. The largest absolute Gasteiger partial charge is 0.507 e. The number of aromatic hydroxyl groups is 1. The van der Waals surface area contributed by atoms with E-state index < -0.39 is 5.54 Å². The highest BCUT2D eigenvalue weighted by atomic mass is 16.3. The molecule has 1 fully saturated rings. The number of phenolic OH excluding ortho intramolecular Hbond substituents is 1. The topological polar surface area (TPSA) is 69.6 Å². The minimum atomic E-state index is -1.00. The summed E-state index contributed by atoms with van der Waals surface area (Å²) in [7, 11) is 0. The van der Waals surface area contributed by atoms with Crippen LogP contribution in [0, 0.1) is 6.92 Å². The van der Waals surface area contributed by atoms with E-state index in [4.69, 9.17) is 0 Å². The molecule has 214 valence electrons. The number of amides is 2. The lowest BCUT2D eigenvalue weighted by molar-refractivity contribution is -0.130. The first-order chi connectivity index (χ1) is 18.1. The number of phenols is 1. The van der Waals surface area contributed by atoms with Crippen LogP contribution in [-0.4, -0.2) is 28.5 Å². The number of anilines is 1. The molecule has 0 radical (unpaired) electrons. The second kappa shape index (κ2) is 11.7. The Morgan fingerprint density at radius 3 is 1.90 bits per heavy atom. The predicted molar refractivity (Wildman–Crippen MR) is 162 cm³/mol. The third-order valence-corrected chi connectivity index (χ3v) is 8.32. The van der Waals surface area contributed by atoms with Crippen molar-refractivity contribution in [1.82, 2.24) is 5.32 Å². The summed E-state index contributed by atoms with van der Waals surface area (Å²) in [6.07, 6.45) is 5.55. The average molecular weight is 535 g/mol. The maximum Gasteiger partial charge on any atom is 0.246 e. The summed E-state index contributed by atoms with van der Waals surface area (Å²) in [5.74, 6) is 0.182. The Hall–Kier alpha value is -2.82. The second-order valence-corrected chi connectivity index (χ2v) is 13.7. The molecule has 3 rings (SSSR count). The molecule has 2 aromatic rings. The van der Waals surface area contributed by atoms with Crippen molar-refractivity contribution in [3.8, 4) is 5.75 Å². The molecule has 5 heteroatoms. The van der Waals surface area contributed by atoms with E-state index >= 15 is 0 Å². The maximum absolute atomic E-state index is 14.1. The van der Waals surface area contributed by atoms with E-state index in [9.17, 15) is 14.7 Å². The van der Waals surface area contributed by atoms with Crippen molar-refractivity contribution in [2.75, 3.05) is 4.90 Å². The monoisotopic (exact) mass is 534 g/mol. The predicted octanol–water partition coefficient (Wildman–Crippen LogP) is 7.49. The lowest BCUT2D eigenvalue weighted by Gasteiger charge is -2.40. The first-order valence-corrected chi connectivity index (χ1v) is 14.7. The van der Waals surface area contributed by atoms with E-state index in [0.29, 0.717) is 18.6 Å². The van der Waals surface area contributed by atoms with Crippen LogP contribution in [0.5, 0.6) is 5.75 Å². The first kappa shape index (κ1) is 30.7. The number of benzene rings is 2. The number of aryl methyl sites for hydroxylation is 2. The van der Waals surface area contributed by atoms with Crippen LogP contribution in [0.1, 0.15) is 116 Å². The molecule has 1 atom stereocenters. The van der Waals surface area contributed by atoms with Gasteiger partial charge < -0.3 is 10.4 Å². The number of carbonyl (C=O) groups is 2. The molecule has 0 saturated heterocycles. The zero-order valence-corrected chi connectivity index (χ0v) is 25.7. The van der Waals surface area contributed by atoms with Crippen LogP contribution in [0.25, 0.3) is 0 Å². The van der Waals surface area contributed by atoms with E-state index in [2.05, 4.69) is 46.9 Å². The quantitative estimate of drug-likeness (QED) is 0.369. The molecular weight excluding hydrogens is 484 g/mol. The normalized spacial score (nSPS) is 16.1. The van der Waals surface area contributed by atoms with Crippen molar-refractivity contribution in [3.05, 3.63) is 58.7 Å². The van der Waals surface area contributed by atoms with Gasteiger partial charge >= 0.3 is 0 Å². The van der Waals surface area contributed by atoms with Gasteiger partial charge in [-0.25, -0.2) is 0 Å². The second-order valence-electron chi connectivity index (χ2n) is 13.7. The van der Waals surface area contributed by atoms with Crippen molar-refractivity contribution >= 4 is 17.5 Å². The Kier molecular flexibility index (Phi) is 9.24. The summed E-state index contributed by atoms with van der Waals surface area (Å²) in [5, 5.41) is 14.4. The summed E-state index contributed by atoms with van der Waals surface area (Å²) >= 11 is 0. The highest BCUT2D eigenvalue weighted by Crippen LogP contribution is 2.40. The molecular formula is C34H50N2O3. The van der Waals surface area contributed by atoms with E-state index in [0.717, 1.165) is 53.6 Å². The lowest BCUT2D eigenvalue weighted by atomic mass is 9.78. The molecule has 5 nitrogen and oxygen atoms in total. The maximum atomic E-state index is 14.1. The lowest BCUT2D eigenvalue weighted by Crippen LogP contribution is -2.60. The molecule has 2 amide bonds. The van der Waals surface area contributed by atoms with E-state index in [1.807, 2.05) is 57.2 Å². The molecule has 39 heavy (non-hydrogen) atoms. The molecule has 0 spiro atoms. The van der Waals surface area contributed by atoms with Gasteiger partial charge in [-0.1, -0.05) is 91.1 Å². The Morgan fingerprint density at radius 2 is 1.44 bits per heavy atom. The van der Waals surface area contributed by atoms with Crippen LogP contribution in [0.15, 0.2) is 36.4 Å². The van der Waals surface area contributed by atoms with Gasteiger partial charge in [-0.15, -0.1) is 0 Å². The van der Waals surface area contributed by atoms with Gasteiger partial charge in [-0.3, -0.25) is 14.5 Å². The minimum Gasteiger partial charge on any atom is -0.507 e. The molecule has 0 aromatic heterocycles. The van der Waals surface area contributed by atoms with Crippen LogP contribution in [0.4, 0.5) is 5.69 Å². The average Bonchev–Trinajstić information content (AvgIpc) is 3.36. The smallest absolute Gasteiger partial charge is 0.246 e. The molecule has 2 aromatic carbocycles. The van der Waals surface area contributed by atoms with Crippen LogP contribution in [0.2, 0.25) is 0 Å². The van der Waals surface area contributed by atoms with Crippen molar-refractivity contribution in [2.24, 2.45) is 0 Å². The molecule has 0 bridgehead atoms. The highest BCUT2D eigenvalue weighted by Gasteiger charge is 2.42. The molecule has 1 saturated carbocycles. The first-order valence-electron chi connectivity index (χ1n) is 14.7. The standard InChI is InChI=1S/C34H50N2O3/c1-10-34(9,31(39)35-25-13-11-12-14-25)36(26-18-15-23(2)16-19-26)29(37)20-17-24-21-27(32(3,4)5)30(38)28(22-24)33(6,7)8/h15-16,18-19,21-22,25,38H,10-14,17,20H2,1-9H3,(H,35,39). The van der Waals surface area contributed by atoms with E-state index in [1.165, 1.54) is 0 Å². The Morgan fingerprint density at radius 1 is 0.923 bits per heavy atom. The minimum absolute atomic E-state index is 0.0764. The Bertz CT molecular complexity index is 1130. The van der Waals surface area contributed by atoms with Crippen molar-refractivity contribution in [3.63, 3.8) is 0 Å². The van der Waals surface area contributed by atoms with E-state index in [1.54, 1.807) is 4.90 Å². The van der Waals surface area contributed by atoms with Gasteiger partial charge in [-0.2, -0.15) is 0 Å². The highest BCUT2D eigenvalue weighted by molar-refractivity contribution is 6.03. The third kappa shape index (κ3) is 7.04. The van der Waals surface area contributed by atoms with Gasteiger partial charge in [0, 0.05) is 18.2 Å². The van der Waals surface area contributed by atoms with E-state index in [-0.39, 0.29) is 35.1 Å². The Balaban J connectivity index is 1.97. The molecule has 1 aliphatic rings. The zero-order chi connectivity index (χ0) is 29.2. The van der Waals surface area contributed by atoms with Crippen LogP contribution < -0.4 is 10.2 Å². The molecule has 1 aliphatic carbocycles. The summed E-state index contributed by atoms with van der Waals surface area (Å²) in [5.41, 5.74) is 3.17. The van der Waals surface area contributed by atoms with Gasteiger partial charge in [-0.05, 0) is 79.2 Å². The number of nitrogens with zero attached hydrogens (tertiary/aromatic N) is 1. The van der Waals surface area contributed by atoms with Gasteiger partial charge in [0.25, 0.3) is 0 Å². The van der Waals surface area contributed by atoms with Crippen LogP contribution in [0.3, 0.4) is 0 Å².